The summed E-state index contributed by atoms with van der Waals surface area (Å²) in [5.74, 6) is -0.993. The van der Waals surface area contributed by atoms with Gasteiger partial charge in [0.25, 0.3) is 0 Å². The van der Waals surface area contributed by atoms with Gasteiger partial charge >= 0.3 is 0 Å². The van der Waals surface area contributed by atoms with E-state index < -0.39 is 11.9 Å². The second-order valence-corrected chi connectivity index (χ2v) is 3.37. The van der Waals surface area contributed by atoms with E-state index in [-0.39, 0.29) is 12.4 Å². The summed E-state index contributed by atoms with van der Waals surface area (Å²) in [6.45, 7) is 1.97. The number of carbonyl (C=O) groups excluding carboxylic acids is 1. The predicted octanol–water partition coefficient (Wildman–Crippen LogP) is 0.359. The molecule has 15 heavy (non-hydrogen) atoms. The molecule has 1 aromatic rings. The van der Waals surface area contributed by atoms with Crippen LogP contribution >= 0.6 is 0 Å². The fourth-order valence-electron chi connectivity index (χ4n) is 1.10. The average Bonchev–Trinajstić information content (AvgIpc) is 2.18. The zero-order chi connectivity index (χ0) is 11.4. The minimum Gasteiger partial charge on any atom is -0.381 e. The number of nitrogens with two attached hydrogens (primary N) is 2. The van der Waals surface area contributed by atoms with Crippen molar-refractivity contribution in [1.82, 2.24) is 0 Å². The molecule has 0 saturated carbocycles. The van der Waals surface area contributed by atoms with E-state index in [1.165, 1.54) is 6.07 Å². The molecule has 0 aliphatic rings. The molecule has 0 aliphatic carbocycles. The highest BCUT2D eigenvalue weighted by Crippen LogP contribution is 2.15. The first kappa shape index (κ1) is 11.5. The standard InChI is InChI=1S/C10H14FN3O/c1-6-2-3-7(11)9(4-6)14-5-8(12)10(13)15/h2-4,8,14H,5,12H2,1H3,(H2,13,15). The summed E-state index contributed by atoms with van der Waals surface area (Å²) in [7, 11) is 0. The largest absolute Gasteiger partial charge is 0.381 e. The van der Waals surface area contributed by atoms with E-state index in [1.54, 1.807) is 12.1 Å². The van der Waals surface area contributed by atoms with Crippen LogP contribution in [0, 0.1) is 12.7 Å². The Hall–Kier alpha value is -1.62. The third-order valence-corrected chi connectivity index (χ3v) is 2.00. The van der Waals surface area contributed by atoms with E-state index in [2.05, 4.69) is 5.32 Å². The normalized spacial score (nSPS) is 12.2. The van der Waals surface area contributed by atoms with Crippen LogP contribution in [-0.4, -0.2) is 18.5 Å². The molecule has 1 rings (SSSR count). The molecule has 4 nitrogen and oxygen atoms in total. The molecule has 1 aromatic carbocycles. The lowest BCUT2D eigenvalue weighted by Gasteiger charge is -2.11. The summed E-state index contributed by atoms with van der Waals surface area (Å²) < 4.78 is 13.2. The molecule has 0 saturated heterocycles. The molecule has 1 amide bonds. The Morgan fingerprint density at radius 2 is 2.27 bits per heavy atom. The van der Waals surface area contributed by atoms with Crippen LogP contribution in [-0.2, 0) is 4.79 Å². The fraction of sp³-hybridized carbons (Fsp3) is 0.300. The van der Waals surface area contributed by atoms with Gasteiger partial charge in [0, 0.05) is 6.54 Å². The van der Waals surface area contributed by atoms with Gasteiger partial charge in [0.05, 0.1) is 5.69 Å². The van der Waals surface area contributed by atoms with E-state index in [0.717, 1.165) is 5.56 Å². The van der Waals surface area contributed by atoms with Crippen LogP contribution in [0.4, 0.5) is 10.1 Å². The first-order chi connectivity index (χ1) is 7.00. The smallest absolute Gasteiger partial charge is 0.236 e. The Morgan fingerprint density at radius 1 is 1.60 bits per heavy atom. The zero-order valence-corrected chi connectivity index (χ0v) is 8.46. The summed E-state index contributed by atoms with van der Waals surface area (Å²) in [6.07, 6.45) is 0. The van der Waals surface area contributed by atoms with Gasteiger partial charge in [-0.2, -0.15) is 0 Å². The summed E-state index contributed by atoms with van der Waals surface area (Å²) in [5.41, 5.74) is 11.6. The minimum absolute atomic E-state index is 0.121. The Morgan fingerprint density at radius 3 is 2.87 bits per heavy atom. The van der Waals surface area contributed by atoms with Crippen LogP contribution in [0.5, 0.6) is 0 Å². The van der Waals surface area contributed by atoms with Gasteiger partial charge in [-0.25, -0.2) is 4.39 Å². The second-order valence-electron chi connectivity index (χ2n) is 3.37. The highest BCUT2D eigenvalue weighted by molar-refractivity contribution is 5.80. The first-order valence-electron chi connectivity index (χ1n) is 4.55. The van der Waals surface area contributed by atoms with Crippen molar-refractivity contribution < 1.29 is 9.18 Å². The number of primary amides is 1. The van der Waals surface area contributed by atoms with Crippen LogP contribution in [0.1, 0.15) is 5.56 Å². The maximum Gasteiger partial charge on any atom is 0.236 e. The van der Waals surface area contributed by atoms with Crippen LogP contribution in [0.25, 0.3) is 0 Å². The number of aryl methyl sites for hydroxylation is 1. The van der Waals surface area contributed by atoms with Gasteiger partial charge in [0.1, 0.15) is 11.9 Å². The van der Waals surface area contributed by atoms with Crippen molar-refractivity contribution in [3.8, 4) is 0 Å². The average molecular weight is 211 g/mol. The molecule has 0 heterocycles. The van der Waals surface area contributed by atoms with E-state index in [0.29, 0.717) is 5.69 Å². The molecular weight excluding hydrogens is 197 g/mol. The Bertz CT molecular complexity index is 368. The van der Waals surface area contributed by atoms with Crippen molar-refractivity contribution >= 4 is 11.6 Å². The molecule has 0 aliphatic heterocycles. The van der Waals surface area contributed by atoms with Crippen LogP contribution < -0.4 is 16.8 Å². The van der Waals surface area contributed by atoms with Gasteiger partial charge in [-0.15, -0.1) is 0 Å². The number of rotatable bonds is 4. The number of hydrogen-bond acceptors (Lipinski definition) is 3. The Labute approximate surface area is 87.4 Å². The molecule has 0 fully saturated rings. The fourth-order valence-corrected chi connectivity index (χ4v) is 1.10. The van der Waals surface area contributed by atoms with Gasteiger partial charge in [-0.3, -0.25) is 4.79 Å². The van der Waals surface area contributed by atoms with Crippen molar-refractivity contribution in [2.75, 3.05) is 11.9 Å². The minimum atomic E-state index is -0.815. The highest BCUT2D eigenvalue weighted by Gasteiger charge is 2.09. The van der Waals surface area contributed by atoms with Gasteiger partial charge in [0.2, 0.25) is 5.91 Å². The van der Waals surface area contributed by atoms with Crippen LogP contribution in [0.3, 0.4) is 0 Å². The number of anilines is 1. The number of benzene rings is 1. The van der Waals surface area contributed by atoms with Gasteiger partial charge < -0.3 is 16.8 Å². The van der Waals surface area contributed by atoms with Crippen LogP contribution in [0.15, 0.2) is 18.2 Å². The predicted molar refractivity (Wildman–Crippen MR) is 56.8 cm³/mol. The Balaban J connectivity index is 2.65. The van der Waals surface area contributed by atoms with Gasteiger partial charge in [0.15, 0.2) is 0 Å². The maximum atomic E-state index is 13.2. The summed E-state index contributed by atoms with van der Waals surface area (Å²) in [4.78, 5) is 10.6. The van der Waals surface area contributed by atoms with Crippen LogP contribution in [0.2, 0.25) is 0 Å². The molecular formula is C10H14FN3O. The van der Waals surface area contributed by atoms with Crippen molar-refractivity contribution in [3.63, 3.8) is 0 Å². The first-order valence-corrected chi connectivity index (χ1v) is 4.55. The number of amides is 1. The summed E-state index contributed by atoms with van der Waals surface area (Å²) in [6, 6.07) is 3.84. The lowest BCUT2D eigenvalue weighted by Crippen LogP contribution is -2.41. The van der Waals surface area contributed by atoms with Crippen molar-refractivity contribution in [2.24, 2.45) is 11.5 Å². The maximum absolute atomic E-state index is 13.2. The molecule has 1 atom stereocenters. The number of hydrogen-bond donors (Lipinski definition) is 3. The van der Waals surface area contributed by atoms with Gasteiger partial charge in [-0.1, -0.05) is 6.07 Å². The second kappa shape index (κ2) is 4.75. The summed E-state index contributed by atoms with van der Waals surface area (Å²) in [5, 5.41) is 2.73. The van der Waals surface area contributed by atoms with E-state index >= 15 is 0 Å². The number of carbonyl (C=O) groups is 1. The SMILES string of the molecule is Cc1ccc(F)c(NCC(N)C(N)=O)c1. The monoisotopic (exact) mass is 211 g/mol. The molecule has 5 N–H and O–H groups in total. The molecule has 0 spiro atoms. The zero-order valence-electron chi connectivity index (χ0n) is 8.46. The third-order valence-electron chi connectivity index (χ3n) is 2.00. The van der Waals surface area contributed by atoms with E-state index in [1.807, 2.05) is 6.92 Å². The lowest BCUT2D eigenvalue weighted by molar-refractivity contribution is -0.118. The Kier molecular flexibility index (Phi) is 3.62. The number of nitrogens with one attached hydrogen (secondary N) is 1. The molecule has 1 unspecified atom stereocenters. The molecule has 0 aromatic heterocycles. The van der Waals surface area contributed by atoms with E-state index in [9.17, 15) is 9.18 Å². The van der Waals surface area contributed by atoms with Gasteiger partial charge in [-0.05, 0) is 24.6 Å². The van der Waals surface area contributed by atoms with E-state index in [4.69, 9.17) is 11.5 Å². The topological polar surface area (TPSA) is 81.1 Å². The molecule has 82 valence electrons. The third kappa shape index (κ3) is 3.21. The molecule has 5 heteroatoms. The highest BCUT2D eigenvalue weighted by atomic mass is 19.1. The molecule has 0 radical (unpaired) electrons. The van der Waals surface area contributed by atoms with Crippen molar-refractivity contribution in [2.45, 2.75) is 13.0 Å². The lowest BCUT2D eigenvalue weighted by atomic mass is 10.2. The molecule has 0 bridgehead atoms. The summed E-state index contributed by atoms with van der Waals surface area (Å²) >= 11 is 0. The van der Waals surface area contributed by atoms with Crippen molar-refractivity contribution in [3.05, 3.63) is 29.6 Å². The number of halogens is 1. The van der Waals surface area contributed by atoms with Crippen molar-refractivity contribution in [1.29, 1.82) is 0 Å². The quantitative estimate of drug-likeness (QED) is 0.672.